The molecular weight excluding hydrogens is 348 g/mol. The van der Waals surface area contributed by atoms with Crippen LogP contribution in [0.4, 0.5) is 14.5 Å². The van der Waals surface area contributed by atoms with Crippen molar-refractivity contribution in [2.45, 2.75) is 0 Å². The predicted octanol–water partition coefficient (Wildman–Crippen LogP) is 3.68. The Labute approximate surface area is 126 Å². The SMILES string of the molecule is O=C(O)c1ccc(F)c(NC(=O)c2c(F)cccc2Br)c1. The van der Waals surface area contributed by atoms with Crippen molar-refractivity contribution in [3.05, 3.63) is 63.6 Å². The minimum absolute atomic E-state index is 0.195. The zero-order chi connectivity index (χ0) is 15.6. The van der Waals surface area contributed by atoms with E-state index in [1.165, 1.54) is 12.1 Å². The molecule has 0 atom stereocenters. The fourth-order valence-corrected chi connectivity index (χ4v) is 2.18. The smallest absolute Gasteiger partial charge is 0.335 e. The molecule has 0 unspecified atom stereocenters. The van der Waals surface area contributed by atoms with Crippen LogP contribution in [0.1, 0.15) is 20.7 Å². The number of carbonyl (C=O) groups is 2. The van der Waals surface area contributed by atoms with Crippen LogP contribution in [0.5, 0.6) is 0 Å². The average molecular weight is 356 g/mol. The third kappa shape index (κ3) is 3.25. The summed E-state index contributed by atoms with van der Waals surface area (Å²) in [7, 11) is 0. The van der Waals surface area contributed by atoms with Crippen LogP contribution in [0, 0.1) is 11.6 Å². The van der Waals surface area contributed by atoms with Crippen LogP contribution in [-0.4, -0.2) is 17.0 Å². The quantitative estimate of drug-likeness (QED) is 0.882. The Morgan fingerprint density at radius 1 is 1.10 bits per heavy atom. The monoisotopic (exact) mass is 355 g/mol. The van der Waals surface area contributed by atoms with E-state index < -0.39 is 23.5 Å². The summed E-state index contributed by atoms with van der Waals surface area (Å²) in [4.78, 5) is 22.8. The molecule has 0 saturated heterocycles. The molecule has 0 saturated carbocycles. The number of nitrogens with one attached hydrogen (secondary N) is 1. The van der Waals surface area contributed by atoms with Crippen molar-refractivity contribution in [3.63, 3.8) is 0 Å². The van der Waals surface area contributed by atoms with E-state index in [9.17, 15) is 18.4 Å². The third-order valence-electron chi connectivity index (χ3n) is 2.65. The lowest BCUT2D eigenvalue weighted by Crippen LogP contribution is -2.16. The van der Waals surface area contributed by atoms with Crippen molar-refractivity contribution in [3.8, 4) is 0 Å². The summed E-state index contributed by atoms with van der Waals surface area (Å²) in [5.74, 6) is -3.75. The average Bonchev–Trinajstić information content (AvgIpc) is 2.40. The maximum atomic E-state index is 13.6. The third-order valence-corrected chi connectivity index (χ3v) is 3.31. The summed E-state index contributed by atoms with van der Waals surface area (Å²) >= 11 is 3.03. The number of hydrogen-bond acceptors (Lipinski definition) is 2. The van der Waals surface area contributed by atoms with Crippen molar-refractivity contribution in [2.24, 2.45) is 0 Å². The molecule has 0 aliphatic carbocycles. The van der Waals surface area contributed by atoms with Gasteiger partial charge >= 0.3 is 5.97 Å². The van der Waals surface area contributed by atoms with Crippen LogP contribution in [-0.2, 0) is 0 Å². The zero-order valence-electron chi connectivity index (χ0n) is 10.4. The summed E-state index contributed by atoms with van der Waals surface area (Å²) in [5.41, 5.74) is -0.827. The molecule has 0 aliphatic heterocycles. The number of hydrogen-bond donors (Lipinski definition) is 2. The molecular formula is C14H8BrF2NO3. The Bertz CT molecular complexity index is 714. The van der Waals surface area contributed by atoms with Crippen molar-refractivity contribution in [1.82, 2.24) is 0 Å². The van der Waals surface area contributed by atoms with Gasteiger partial charge in [-0.1, -0.05) is 6.07 Å². The van der Waals surface area contributed by atoms with Crippen LogP contribution < -0.4 is 5.32 Å². The second-order valence-corrected chi connectivity index (χ2v) is 4.90. The van der Waals surface area contributed by atoms with Crippen LogP contribution in [0.25, 0.3) is 0 Å². The number of benzene rings is 2. The van der Waals surface area contributed by atoms with Crippen molar-refractivity contribution in [1.29, 1.82) is 0 Å². The van der Waals surface area contributed by atoms with Gasteiger partial charge < -0.3 is 10.4 Å². The second-order valence-electron chi connectivity index (χ2n) is 4.05. The summed E-state index contributed by atoms with van der Waals surface area (Å²) in [6.07, 6.45) is 0. The summed E-state index contributed by atoms with van der Waals surface area (Å²) < 4.78 is 27.4. The van der Waals surface area contributed by atoms with Crippen molar-refractivity contribution >= 4 is 33.5 Å². The lowest BCUT2D eigenvalue weighted by Gasteiger charge is -2.09. The van der Waals surface area contributed by atoms with E-state index in [1.807, 2.05) is 0 Å². The summed E-state index contributed by atoms with van der Waals surface area (Å²) in [6, 6.07) is 6.89. The number of rotatable bonds is 3. The molecule has 2 N–H and O–H groups in total. The predicted molar refractivity (Wildman–Crippen MR) is 75.4 cm³/mol. The molecule has 0 fully saturated rings. The van der Waals surface area contributed by atoms with Crippen LogP contribution >= 0.6 is 15.9 Å². The van der Waals surface area contributed by atoms with E-state index in [4.69, 9.17) is 5.11 Å². The van der Waals surface area contributed by atoms with E-state index in [1.54, 1.807) is 0 Å². The maximum Gasteiger partial charge on any atom is 0.335 e. The van der Waals surface area contributed by atoms with E-state index in [-0.39, 0.29) is 21.3 Å². The van der Waals surface area contributed by atoms with E-state index in [0.717, 1.165) is 24.3 Å². The number of carbonyl (C=O) groups excluding carboxylic acids is 1. The first-order chi connectivity index (χ1) is 9.90. The standard InChI is InChI=1S/C14H8BrF2NO3/c15-8-2-1-3-10(17)12(8)13(19)18-11-6-7(14(20)21)4-5-9(11)16/h1-6H,(H,18,19)(H,20,21). The normalized spacial score (nSPS) is 10.2. The van der Waals surface area contributed by atoms with Gasteiger partial charge in [0, 0.05) is 4.47 Å². The van der Waals surface area contributed by atoms with Gasteiger partial charge in [0.15, 0.2) is 0 Å². The van der Waals surface area contributed by atoms with Gasteiger partial charge in [-0.05, 0) is 46.3 Å². The number of aromatic carboxylic acids is 1. The molecule has 108 valence electrons. The highest BCUT2D eigenvalue weighted by Gasteiger charge is 2.17. The Morgan fingerprint density at radius 3 is 2.43 bits per heavy atom. The van der Waals surface area contributed by atoms with E-state index in [2.05, 4.69) is 21.2 Å². The van der Waals surface area contributed by atoms with Gasteiger partial charge in [0.05, 0.1) is 16.8 Å². The van der Waals surface area contributed by atoms with Crippen LogP contribution in [0.15, 0.2) is 40.9 Å². The number of carboxylic acids is 1. The van der Waals surface area contributed by atoms with Gasteiger partial charge in [0.1, 0.15) is 11.6 Å². The number of halogens is 3. The largest absolute Gasteiger partial charge is 0.478 e. The minimum atomic E-state index is -1.27. The van der Waals surface area contributed by atoms with E-state index in [0.29, 0.717) is 0 Å². The molecule has 2 aromatic carbocycles. The molecule has 0 heterocycles. The molecule has 1 amide bonds. The molecule has 0 spiro atoms. The number of anilines is 1. The first-order valence-electron chi connectivity index (χ1n) is 5.68. The second kappa shape index (κ2) is 6.01. The highest BCUT2D eigenvalue weighted by molar-refractivity contribution is 9.10. The lowest BCUT2D eigenvalue weighted by atomic mass is 10.1. The molecule has 21 heavy (non-hydrogen) atoms. The Morgan fingerprint density at radius 2 is 1.81 bits per heavy atom. The highest BCUT2D eigenvalue weighted by Crippen LogP contribution is 2.22. The van der Waals surface area contributed by atoms with Gasteiger partial charge in [-0.15, -0.1) is 0 Å². The summed E-state index contributed by atoms with van der Waals surface area (Å²) in [6.45, 7) is 0. The van der Waals surface area contributed by atoms with Crippen LogP contribution in [0.3, 0.4) is 0 Å². The highest BCUT2D eigenvalue weighted by atomic mass is 79.9. The fourth-order valence-electron chi connectivity index (χ4n) is 1.65. The van der Waals surface area contributed by atoms with Gasteiger partial charge in [-0.3, -0.25) is 4.79 Å². The molecule has 0 bridgehead atoms. The lowest BCUT2D eigenvalue weighted by molar-refractivity contribution is 0.0696. The summed E-state index contributed by atoms with van der Waals surface area (Å²) in [5, 5.41) is 11.0. The first kappa shape index (κ1) is 15.1. The van der Waals surface area contributed by atoms with Crippen molar-refractivity contribution < 1.29 is 23.5 Å². The van der Waals surface area contributed by atoms with Gasteiger partial charge in [-0.2, -0.15) is 0 Å². The zero-order valence-corrected chi connectivity index (χ0v) is 11.9. The molecule has 0 aliphatic rings. The Hall–Kier alpha value is -2.28. The van der Waals surface area contributed by atoms with Gasteiger partial charge in [0.2, 0.25) is 0 Å². The number of amides is 1. The molecule has 2 rings (SSSR count). The van der Waals surface area contributed by atoms with Crippen LogP contribution in [0.2, 0.25) is 0 Å². The fraction of sp³-hybridized carbons (Fsp3) is 0. The number of carboxylic acid groups (broad SMARTS) is 1. The molecule has 4 nitrogen and oxygen atoms in total. The van der Waals surface area contributed by atoms with Gasteiger partial charge in [-0.25, -0.2) is 13.6 Å². The molecule has 2 aromatic rings. The molecule has 7 heteroatoms. The molecule has 0 aromatic heterocycles. The molecule has 0 radical (unpaired) electrons. The first-order valence-corrected chi connectivity index (χ1v) is 6.47. The Kier molecular flexibility index (Phi) is 4.32. The van der Waals surface area contributed by atoms with Gasteiger partial charge in [0.25, 0.3) is 5.91 Å². The minimum Gasteiger partial charge on any atom is -0.478 e. The Balaban J connectivity index is 2.36. The maximum absolute atomic E-state index is 13.6. The topological polar surface area (TPSA) is 66.4 Å². The van der Waals surface area contributed by atoms with E-state index >= 15 is 0 Å². The van der Waals surface area contributed by atoms with Crippen molar-refractivity contribution in [2.75, 3.05) is 5.32 Å².